The normalized spacial score (nSPS) is 21.7. The molecule has 0 radical (unpaired) electrons. The number of hydrogen-bond acceptors (Lipinski definition) is 5. The highest BCUT2D eigenvalue weighted by Crippen LogP contribution is 2.24. The van der Waals surface area contributed by atoms with Crippen LogP contribution in [0.3, 0.4) is 0 Å². The second-order valence-corrected chi connectivity index (χ2v) is 9.07. The van der Waals surface area contributed by atoms with Crippen molar-refractivity contribution < 1.29 is 13.2 Å². The van der Waals surface area contributed by atoms with Crippen molar-refractivity contribution in [1.82, 2.24) is 19.9 Å². The average Bonchev–Trinajstić information content (AvgIpc) is 3.15. The number of hydrogen-bond donors (Lipinski definition) is 1. The van der Waals surface area contributed by atoms with Crippen LogP contribution in [0, 0.1) is 0 Å². The molecule has 8 heteroatoms. The van der Waals surface area contributed by atoms with Crippen LogP contribution >= 0.6 is 0 Å². The Balaban J connectivity index is 1.63. The zero-order chi connectivity index (χ0) is 18.4. The predicted octanol–water partition coefficient (Wildman–Crippen LogP) is 1.70. The summed E-state index contributed by atoms with van der Waals surface area (Å²) in [5, 5.41) is 11.2. The summed E-state index contributed by atoms with van der Waals surface area (Å²) < 4.78 is 25.3. The van der Waals surface area contributed by atoms with Gasteiger partial charge in [0.1, 0.15) is 0 Å². The molecule has 1 aliphatic heterocycles. The summed E-state index contributed by atoms with van der Waals surface area (Å²) >= 11 is 0. The van der Waals surface area contributed by atoms with Crippen LogP contribution in [0.15, 0.2) is 48.7 Å². The van der Waals surface area contributed by atoms with Gasteiger partial charge in [-0.25, -0.2) is 8.42 Å². The molecule has 0 aliphatic carbocycles. The van der Waals surface area contributed by atoms with E-state index in [4.69, 9.17) is 0 Å². The molecule has 2 aromatic heterocycles. The lowest BCUT2D eigenvalue weighted by molar-refractivity contribution is 0.0915. The Bertz CT molecular complexity index is 1110. The highest BCUT2D eigenvalue weighted by atomic mass is 32.2. The van der Waals surface area contributed by atoms with Crippen molar-refractivity contribution in [3.8, 4) is 11.4 Å². The summed E-state index contributed by atoms with van der Waals surface area (Å²) in [6.45, 7) is 1.77. The van der Waals surface area contributed by atoms with Crippen LogP contribution in [0.5, 0.6) is 0 Å². The fourth-order valence-electron chi connectivity index (χ4n) is 3.29. The molecule has 4 rings (SSSR count). The van der Waals surface area contributed by atoms with E-state index in [1.54, 1.807) is 25.1 Å². The van der Waals surface area contributed by atoms with Crippen molar-refractivity contribution in [2.24, 2.45) is 0 Å². The molecule has 1 aromatic carbocycles. The molecule has 0 saturated carbocycles. The lowest BCUT2D eigenvalue weighted by Gasteiger charge is -2.24. The third-order valence-electron chi connectivity index (χ3n) is 4.62. The minimum atomic E-state index is -3.09. The second kappa shape index (κ2) is 5.91. The van der Waals surface area contributed by atoms with Crippen molar-refractivity contribution in [2.45, 2.75) is 18.9 Å². The first kappa shape index (κ1) is 16.7. The minimum Gasteiger partial charge on any atom is -0.346 e. The maximum atomic E-state index is 12.7. The highest BCUT2D eigenvalue weighted by molar-refractivity contribution is 7.91. The van der Waals surface area contributed by atoms with Crippen molar-refractivity contribution in [3.63, 3.8) is 0 Å². The summed E-state index contributed by atoms with van der Waals surface area (Å²) in [6.07, 6.45) is 2.29. The Kier molecular flexibility index (Phi) is 3.80. The minimum absolute atomic E-state index is 0.0275. The summed E-state index contributed by atoms with van der Waals surface area (Å²) in [5.41, 5.74) is 1.22. The van der Waals surface area contributed by atoms with Crippen molar-refractivity contribution in [1.29, 1.82) is 0 Å². The Morgan fingerprint density at radius 2 is 2.04 bits per heavy atom. The van der Waals surface area contributed by atoms with Crippen LogP contribution in [0.1, 0.15) is 23.7 Å². The molecule has 0 bridgehead atoms. The number of rotatable bonds is 3. The number of carbonyl (C=O) groups is 1. The summed E-state index contributed by atoms with van der Waals surface area (Å²) in [6, 6.07) is 12.7. The smallest absolute Gasteiger partial charge is 0.251 e. The van der Waals surface area contributed by atoms with E-state index in [9.17, 15) is 13.2 Å². The van der Waals surface area contributed by atoms with Crippen molar-refractivity contribution >= 4 is 21.4 Å². The number of nitrogens with zero attached hydrogens (tertiary/aromatic N) is 3. The number of aromatic nitrogens is 3. The first-order valence-corrected chi connectivity index (χ1v) is 10.1. The van der Waals surface area contributed by atoms with Gasteiger partial charge in [-0.05, 0) is 37.6 Å². The maximum absolute atomic E-state index is 12.7. The number of carbonyl (C=O) groups excluding carboxylic acids is 1. The lowest BCUT2D eigenvalue weighted by Crippen LogP contribution is -2.46. The van der Waals surface area contributed by atoms with Crippen LogP contribution < -0.4 is 5.32 Å². The molecule has 1 N–H and O–H groups in total. The van der Waals surface area contributed by atoms with E-state index in [2.05, 4.69) is 15.5 Å². The van der Waals surface area contributed by atoms with E-state index < -0.39 is 15.4 Å². The van der Waals surface area contributed by atoms with Gasteiger partial charge in [0.2, 0.25) is 0 Å². The number of amides is 1. The Morgan fingerprint density at radius 3 is 2.81 bits per heavy atom. The number of fused-ring (bicyclic) bond motifs is 1. The molecule has 1 amide bonds. The molecular weight excluding hydrogens is 352 g/mol. The van der Waals surface area contributed by atoms with Gasteiger partial charge in [-0.15, -0.1) is 10.2 Å². The van der Waals surface area contributed by atoms with Gasteiger partial charge in [0, 0.05) is 17.3 Å². The van der Waals surface area contributed by atoms with E-state index in [0.717, 1.165) is 11.2 Å². The number of pyridine rings is 1. The number of sulfone groups is 1. The van der Waals surface area contributed by atoms with E-state index >= 15 is 0 Å². The molecule has 7 nitrogen and oxygen atoms in total. The molecule has 0 unspecified atom stereocenters. The SMILES string of the molecule is C[C@@]1(NC(=O)c2cccc(-c3nnc4ccccn34)c2)CCS(=O)(=O)C1. The summed E-state index contributed by atoms with van der Waals surface area (Å²) in [7, 11) is -3.09. The molecule has 3 heterocycles. The van der Waals surface area contributed by atoms with Gasteiger partial charge in [-0.2, -0.15) is 0 Å². The largest absolute Gasteiger partial charge is 0.346 e. The van der Waals surface area contributed by atoms with Gasteiger partial charge in [0.25, 0.3) is 5.91 Å². The van der Waals surface area contributed by atoms with Crippen LogP contribution in [0.2, 0.25) is 0 Å². The van der Waals surface area contributed by atoms with E-state index in [-0.39, 0.29) is 17.4 Å². The first-order chi connectivity index (χ1) is 12.4. The van der Waals surface area contributed by atoms with Gasteiger partial charge >= 0.3 is 0 Å². The van der Waals surface area contributed by atoms with Gasteiger partial charge in [-0.1, -0.05) is 18.2 Å². The maximum Gasteiger partial charge on any atom is 0.251 e. The molecule has 26 heavy (non-hydrogen) atoms. The quantitative estimate of drug-likeness (QED) is 0.757. The lowest BCUT2D eigenvalue weighted by atomic mass is 10.0. The zero-order valence-corrected chi connectivity index (χ0v) is 15.0. The topological polar surface area (TPSA) is 93.4 Å². The van der Waals surface area contributed by atoms with E-state index in [1.165, 1.54) is 0 Å². The standard InChI is InChI=1S/C18H18N4O3S/c1-18(8-10-26(24,25)12-18)19-17(23)14-6-4-5-13(11-14)16-21-20-15-7-2-3-9-22(15)16/h2-7,9,11H,8,10,12H2,1H3,(H,19,23)/t18-/m1/s1. The molecule has 1 fully saturated rings. The fraction of sp³-hybridized carbons (Fsp3) is 0.278. The average molecular weight is 370 g/mol. The molecular formula is C18H18N4O3S. The number of nitrogens with one attached hydrogen (secondary N) is 1. The molecule has 1 aliphatic rings. The Labute approximate surface area is 151 Å². The highest BCUT2D eigenvalue weighted by Gasteiger charge is 2.39. The molecule has 0 spiro atoms. The van der Waals surface area contributed by atoms with E-state index in [0.29, 0.717) is 17.8 Å². The van der Waals surface area contributed by atoms with E-state index in [1.807, 2.05) is 34.9 Å². The Morgan fingerprint density at radius 1 is 1.19 bits per heavy atom. The third kappa shape index (κ3) is 3.08. The fourth-order valence-corrected chi connectivity index (χ4v) is 5.39. The Hall–Kier alpha value is -2.74. The molecule has 134 valence electrons. The predicted molar refractivity (Wildman–Crippen MR) is 97.6 cm³/mol. The van der Waals surface area contributed by atoms with Crippen molar-refractivity contribution in [2.75, 3.05) is 11.5 Å². The van der Waals surface area contributed by atoms with Crippen LogP contribution in [0.25, 0.3) is 17.0 Å². The first-order valence-electron chi connectivity index (χ1n) is 8.28. The van der Waals surface area contributed by atoms with Gasteiger partial charge in [-0.3, -0.25) is 9.20 Å². The third-order valence-corrected chi connectivity index (χ3v) is 6.52. The monoisotopic (exact) mass is 370 g/mol. The van der Waals surface area contributed by atoms with Gasteiger partial charge in [0.15, 0.2) is 21.3 Å². The van der Waals surface area contributed by atoms with Crippen molar-refractivity contribution in [3.05, 3.63) is 54.2 Å². The van der Waals surface area contributed by atoms with Crippen LogP contribution in [0.4, 0.5) is 0 Å². The van der Waals surface area contributed by atoms with Crippen LogP contribution in [-0.4, -0.2) is 46.0 Å². The van der Waals surface area contributed by atoms with Gasteiger partial charge < -0.3 is 5.32 Å². The van der Waals surface area contributed by atoms with Crippen LogP contribution in [-0.2, 0) is 9.84 Å². The van der Waals surface area contributed by atoms with Gasteiger partial charge in [0.05, 0.1) is 17.0 Å². The molecule has 3 aromatic rings. The number of benzene rings is 1. The summed E-state index contributed by atoms with van der Waals surface area (Å²) in [4.78, 5) is 12.7. The molecule has 1 atom stereocenters. The molecule has 1 saturated heterocycles. The second-order valence-electron chi connectivity index (χ2n) is 6.89. The zero-order valence-electron chi connectivity index (χ0n) is 14.2. The summed E-state index contributed by atoms with van der Waals surface area (Å²) in [5.74, 6) is 0.431.